The third kappa shape index (κ3) is 3.62. The van der Waals surface area contributed by atoms with Gasteiger partial charge in [-0.1, -0.05) is 19.1 Å². The second-order valence-electron chi connectivity index (χ2n) is 5.32. The number of nitrogens with one attached hydrogen (secondary N) is 1. The summed E-state index contributed by atoms with van der Waals surface area (Å²) in [7, 11) is 0. The summed E-state index contributed by atoms with van der Waals surface area (Å²) in [6.07, 6.45) is -1.96. The maximum atomic E-state index is 12.8. The van der Waals surface area contributed by atoms with Crippen LogP contribution in [0.2, 0.25) is 0 Å². The SMILES string of the molecule is CC(CNc1ccc(C(F)(F)F)c(C(N)=S)c1)C1CC1. The lowest BCUT2D eigenvalue weighted by Crippen LogP contribution is -2.19. The molecule has 3 N–H and O–H groups in total. The summed E-state index contributed by atoms with van der Waals surface area (Å²) in [6, 6.07) is 3.83. The van der Waals surface area contributed by atoms with Gasteiger partial charge in [0, 0.05) is 17.8 Å². The highest BCUT2D eigenvalue weighted by Crippen LogP contribution is 2.37. The smallest absolute Gasteiger partial charge is 0.389 e. The van der Waals surface area contributed by atoms with Crippen LogP contribution in [0.1, 0.15) is 30.9 Å². The van der Waals surface area contributed by atoms with Crippen LogP contribution in [0.3, 0.4) is 0 Å². The predicted octanol–water partition coefficient (Wildman–Crippen LogP) is 3.80. The summed E-state index contributed by atoms with van der Waals surface area (Å²) < 4.78 is 38.5. The first-order valence-corrected chi connectivity index (χ1v) is 6.95. The van der Waals surface area contributed by atoms with Gasteiger partial charge in [-0.3, -0.25) is 0 Å². The molecule has 110 valence electrons. The van der Waals surface area contributed by atoms with E-state index >= 15 is 0 Å². The molecule has 1 saturated carbocycles. The van der Waals surface area contributed by atoms with E-state index < -0.39 is 11.7 Å². The molecule has 0 saturated heterocycles. The third-order valence-electron chi connectivity index (χ3n) is 3.65. The number of hydrogen-bond donors (Lipinski definition) is 2. The first-order valence-electron chi connectivity index (χ1n) is 6.54. The van der Waals surface area contributed by atoms with E-state index in [9.17, 15) is 13.2 Å². The number of hydrogen-bond acceptors (Lipinski definition) is 2. The molecule has 1 aliphatic rings. The van der Waals surface area contributed by atoms with Crippen molar-refractivity contribution in [2.75, 3.05) is 11.9 Å². The topological polar surface area (TPSA) is 38.0 Å². The van der Waals surface area contributed by atoms with Crippen molar-refractivity contribution in [1.82, 2.24) is 0 Å². The van der Waals surface area contributed by atoms with Crippen LogP contribution in [0.5, 0.6) is 0 Å². The van der Waals surface area contributed by atoms with E-state index in [1.165, 1.54) is 25.0 Å². The highest BCUT2D eigenvalue weighted by molar-refractivity contribution is 7.80. The molecule has 1 atom stereocenters. The number of alkyl halides is 3. The number of thiocarbonyl (C=S) groups is 1. The fraction of sp³-hybridized carbons (Fsp3) is 0.500. The highest BCUT2D eigenvalue weighted by atomic mass is 32.1. The monoisotopic (exact) mass is 302 g/mol. The summed E-state index contributed by atoms with van der Waals surface area (Å²) in [5, 5.41) is 3.16. The van der Waals surface area contributed by atoms with E-state index in [0.717, 1.165) is 18.5 Å². The van der Waals surface area contributed by atoms with Crippen LogP contribution in [0.4, 0.5) is 18.9 Å². The quantitative estimate of drug-likeness (QED) is 0.813. The Balaban J connectivity index is 2.14. The van der Waals surface area contributed by atoms with Crippen molar-refractivity contribution in [3.05, 3.63) is 29.3 Å². The van der Waals surface area contributed by atoms with E-state index in [1.807, 2.05) is 0 Å². The Morgan fingerprint density at radius 3 is 2.60 bits per heavy atom. The number of nitrogens with two attached hydrogens (primary N) is 1. The number of halogens is 3. The molecule has 2 rings (SSSR count). The Morgan fingerprint density at radius 2 is 2.10 bits per heavy atom. The Hall–Kier alpha value is -1.30. The molecule has 0 aliphatic heterocycles. The van der Waals surface area contributed by atoms with Gasteiger partial charge in [-0.15, -0.1) is 0 Å². The van der Waals surface area contributed by atoms with E-state index in [4.69, 9.17) is 18.0 Å². The molecule has 2 nitrogen and oxygen atoms in total. The maximum absolute atomic E-state index is 12.8. The third-order valence-corrected chi connectivity index (χ3v) is 3.87. The summed E-state index contributed by atoms with van der Waals surface area (Å²) in [6.45, 7) is 2.88. The first kappa shape index (κ1) is 15.1. The largest absolute Gasteiger partial charge is 0.417 e. The van der Waals surface area contributed by atoms with Crippen LogP contribution >= 0.6 is 12.2 Å². The molecule has 1 unspecified atom stereocenters. The molecular weight excluding hydrogens is 285 g/mol. The van der Waals surface area contributed by atoms with E-state index in [0.29, 0.717) is 11.6 Å². The molecule has 0 radical (unpaired) electrons. The van der Waals surface area contributed by atoms with Crippen molar-refractivity contribution >= 4 is 22.9 Å². The highest BCUT2D eigenvalue weighted by Gasteiger charge is 2.34. The molecule has 6 heteroatoms. The minimum absolute atomic E-state index is 0.128. The van der Waals surface area contributed by atoms with Gasteiger partial charge in [0.1, 0.15) is 4.99 Å². The zero-order valence-electron chi connectivity index (χ0n) is 11.1. The molecule has 1 aromatic rings. The summed E-state index contributed by atoms with van der Waals surface area (Å²) >= 11 is 4.72. The minimum atomic E-state index is -4.45. The van der Waals surface area contributed by atoms with Gasteiger partial charge in [-0.05, 0) is 42.9 Å². The van der Waals surface area contributed by atoms with Gasteiger partial charge in [-0.2, -0.15) is 13.2 Å². The molecule has 20 heavy (non-hydrogen) atoms. The Morgan fingerprint density at radius 1 is 1.45 bits per heavy atom. The van der Waals surface area contributed by atoms with E-state index in [2.05, 4.69) is 12.2 Å². The van der Waals surface area contributed by atoms with Gasteiger partial charge in [0.25, 0.3) is 0 Å². The standard InChI is InChI=1S/C14H17F3N2S/c1-8(9-2-3-9)7-19-10-4-5-12(14(15,16)17)11(6-10)13(18)20/h4-6,8-9,19H,2-3,7H2,1H3,(H2,18,20). The van der Waals surface area contributed by atoms with Crippen LogP contribution in [0, 0.1) is 11.8 Å². The fourth-order valence-electron chi connectivity index (χ4n) is 2.22. The van der Waals surface area contributed by atoms with Crippen LogP contribution in [0.25, 0.3) is 0 Å². The number of rotatable bonds is 5. The molecule has 0 spiro atoms. The molecule has 0 aromatic heterocycles. The number of benzene rings is 1. The minimum Gasteiger partial charge on any atom is -0.389 e. The Kier molecular flexibility index (Phi) is 4.22. The Labute approximate surface area is 121 Å². The average molecular weight is 302 g/mol. The van der Waals surface area contributed by atoms with Crippen LogP contribution in [0.15, 0.2) is 18.2 Å². The van der Waals surface area contributed by atoms with Gasteiger partial charge in [0.2, 0.25) is 0 Å². The molecule has 0 amide bonds. The zero-order chi connectivity index (χ0) is 14.9. The molecule has 1 aromatic carbocycles. The first-order chi connectivity index (χ1) is 9.29. The van der Waals surface area contributed by atoms with Crippen molar-refractivity contribution in [3.63, 3.8) is 0 Å². The van der Waals surface area contributed by atoms with Crippen molar-refractivity contribution in [1.29, 1.82) is 0 Å². The summed E-state index contributed by atoms with van der Waals surface area (Å²) in [5.41, 5.74) is 5.10. The van der Waals surface area contributed by atoms with Gasteiger partial charge >= 0.3 is 6.18 Å². The lowest BCUT2D eigenvalue weighted by molar-refractivity contribution is -0.137. The average Bonchev–Trinajstić information content (AvgIpc) is 3.18. The van der Waals surface area contributed by atoms with Crippen molar-refractivity contribution in [2.45, 2.75) is 25.9 Å². The Bertz CT molecular complexity index is 510. The van der Waals surface area contributed by atoms with Crippen molar-refractivity contribution in [3.8, 4) is 0 Å². The van der Waals surface area contributed by atoms with Crippen LogP contribution in [-0.2, 0) is 6.18 Å². The van der Waals surface area contributed by atoms with Gasteiger partial charge in [0.15, 0.2) is 0 Å². The molecule has 1 fully saturated rings. The van der Waals surface area contributed by atoms with Crippen molar-refractivity contribution in [2.24, 2.45) is 17.6 Å². The molecule has 0 bridgehead atoms. The van der Waals surface area contributed by atoms with E-state index in [1.54, 1.807) is 0 Å². The van der Waals surface area contributed by atoms with Crippen LogP contribution < -0.4 is 11.1 Å². The second kappa shape index (κ2) is 5.60. The lowest BCUT2D eigenvalue weighted by Gasteiger charge is -2.16. The predicted molar refractivity (Wildman–Crippen MR) is 77.7 cm³/mol. The van der Waals surface area contributed by atoms with E-state index in [-0.39, 0.29) is 10.6 Å². The second-order valence-corrected chi connectivity index (χ2v) is 5.76. The maximum Gasteiger partial charge on any atom is 0.417 e. The van der Waals surface area contributed by atoms with Gasteiger partial charge < -0.3 is 11.1 Å². The lowest BCUT2D eigenvalue weighted by atomic mass is 10.0. The fourth-order valence-corrected chi connectivity index (χ4v) is 2.38. The van der Waals surface area contributed by atoms with Crippen molar-refractivity contribution < 1.29 is 13.2 Å². The number of anilines is 1. The molecule has 0 heterocycles. The zero-order valence-corrected chi connectivity index (χ0v) is 11.9. The summed E-state index contributed by atoms with van der Waals surface area (Å²) in [4.78, 5) is -0.240. The molecular formula is C14H17F3N2S. The molecule has 1 aliphatic carbocycles. The van der Waals surface area contributed by atoms with Gasteiger partial charge in [-0.25, -0.2) is 0 Å². The normalized spacial score (nSPS) is 16.8. The van der Waals surface area contributed by atoms with Gasteiger partial charge in [0.05, 0.1) is 5.56 Å². The summed E-state index contributed by atoms with van der Waals surface area (Å²) in [5.74, 6) is 1.26. The van der Waals surface area contributed by atoms with Crippen LogP contribution in [-0.4, -0.2) is 11.5 Å².